The van der Waals surface area contributed by atoms with E-state index in [0.29, 0.717) is 24.3 Å². The minimum atomic E-state index is -0.586. The van der Waals surface area contributed by atoms with Crippen LogP contribution in [0.2, 0.25) is 0 Å². The molecule has 1 unspecified atom stereocenters. The van der Waals surface area contributed by atoms with Crippen LogP contribution in [0, 0.1) is 0 Å². The molecule has 0 spiro atoms. The minimum absolute atomic E-state index is 0.128. The van der Waals surface area contributed by atoms with E-state index in [9.17, 15) is 14.4 Å². The summed E-state index contributed by atoms with van der Waals surface area (Å²) in [5.74, 6) is -0.259. The predicted molar refractivity (Wildman–Crippen MR) is 119 cm³/mol. The molecular formula is C23H26N6O3. The Morgan fingerprint density at radius 3 is 2.59 bits per heavy atom. The highest BCUT2D eigenvalue weighted by atomic mass is 16.2. The van der Waals surface area contributed by atoms with Crippen LogP contribution in [-0.4, -0.2) is 64.7 Å². The number of rotatable bonds is 4. The van der Waals surface area contributed by atoms with Crippen molar-refractivity contribution in [3.05, 3.63) is 53.2 Å². The molecule has 3 aliphatic heterocycles. The van der Waals surface area contributed by atoms with Gasteiger partial charge in [-0.2, -0.15) is 0 Å². The maximum absolute atomic E-state index is 13.0. The minimum Gasteiger partial charge on any atom is -0.384 e. The van der Waals surface area contributed by atoms with E-state index >= 15 is 0 Å². The van der Waals surface area contributed by atoms with Gasteiger partial charge in [-0.15, -0.1) is 0 Å². The smallest absolute Gasteiger partial charge is 0.255 e. The number of carbonyl (C=O) groups excluding carboxylic acids is 3. The molecule has 0 bridgehead atoms. The monoisotopic (exact) mass is 434 g/mol. The average molecular weight is 435 g/mol. The van der Waals surface area contributed by atoms with Gasteiger partial charge in [0.05, 0.1) is 11.9 Å². The van der Waals surface area contributed by atoms with Crippen LogP contribution in [0.3, 0.4) is 0 Å². The zero-order valence-electron chi connectivity index (χ0n) is 17.8. The van der Waals surface area contributed by atoms with E-state index in [1.807, 2.05) is 30.5 Å². The summed E-state index contributed by atoms with van der Waals surface area (Å²) in [4.78, 5) is 47.3. The molecule has 0 radical (unpaired) electrons. The third-order valence-electron chi connectivity index (χ3n) is 6.58. The van der Waals surface area contributed by atoms with Crippen LogP contribution < -0.4 is 16.0 Å². The molecule has 0 saturated carbocycles. The van der Waals surface area contributed by atoms with Gasteiger partial charge in [0.1, 0.15) is 11.9 Å². The quantitative estimate of drug-likeness (QED) is 0.683. The number of nitrogens with one attached hydrogen (secondary N) is 1. The Labute approximate surface area is 186 Å². The van der Waals surface area contributed by atoms with Crippen LogP contribution >= 0.6 is 0 Å². The number of piperidine rings is 1. The Balaban J connectivity index is 1.26. The van der Waals surface area contributed by atoms with E-state index in [1.165, 1.54) is 0 Å². The third-order valence-corrected chi connectivity index (χ3v) is 6.58. The fourth-order valence-corrected chi connectivity index (χ4v) is 4.79. The topological polar surface area (TPSA) is 112 Å². The molecule has 1 aromatic carbocycles. The molecule has 166 valence electrons. The molecule has 3 N–H and O–H groups in total. The predicted octanol–water partition coefficient (Wildman–Crippen LogP) is 0.747. The highest BCUT2D eigenvalue weighted by Gasteiger charge is 2.39. The molecule has 1 aromatic heterocycles. The SMILES string of the molecule is Nc1ccc(N2CCN(Cc3cccc4c3CN(C3CCC(=O)NC3=O)C4=O)CC2)cn1. The first kappa shape index (κ1) is 20.4. The van der Waals surface area contributed by atoms with E-state index < -0.39 is 6.04 Å². The Kier molecular flexibility index (Phi) is 5.26. The number of aromatic nitrogens is 1. The van der Waals surface area contributed by atoms with Gasteiger partial charge in [-0.1, -0.05) is 12.1 Å². The fourth-order valence-electron chi connectivity index (χ4n) is 4.79. The molecule has 2 fully saturated rings. The number of carbonyl (C=O) groups is 3. The number of amides is 3. The standard InChI is InChI=1S/C23H26N6O3/c24-20-6-4-16(12-25-20)28-10-8-27(9-11-28)13-15-2-1-3-17-18(15)14-29(23(17)32)19-5-7-21(30)26-22(19)31/h1-4,6,12,19H,5,7-11,13-14H2,(H2,24,25)(H,26,30,31). The second kappa shape index (κ2) is 8.23. The van der Waals surface area contributed by atoms with Crippen LogP contribution in [0.15, 0.2) is 36.5 Å². The average Bonchev–Trinajstić information content (AvgIpc) is 3.12. The summed E-state index contributed by atoms with van der Waals surface area (Å²) < 4.78 is 0. The highest BCUT2D eigenvalue weighted by Crippen LogP contribution is 2.30. The number of nitrogen functional groups attached to an aromatic ring is 1. The lowest BCUT2D eigenvalue weighted by Crippen LogP contribution is -2.52. The summed E-state index contributed by atoms with van der Waals surface area (Å²) >= 11 is 0. The van der Waals surface area contributed by atoms with Crippen LogP contribution in [0.1, 0.15) is 34.3 Å². The molecule has 3 aliphatic rings. The highest BCUT2D eigenvalue weighted by molar-refractivity contribution is 6.05. The molecule has 0 aliphatic carbocycles. The van der Waals surface area contributed by atoms with E-state index in [1.54, 1.807) is 4.90 Å². The van der Waals surface area contributed by atoms with E-state index in [0.717, 1.165) is 49.5 Å². The first-order chi connectivity index (χ1) is 15.5. The Bertz CT molecular complexity index is 1060. The fraction of sp³-hybridized carbons (Fsp3) is 0.391. The van der Waals surface area contributed by atoms with Gasteiger partial charge in [-0.3, -0.25) is 24.6 Å². The summed E-state index contributed by atoms with van der Waals surface area (Å²) in [6.07, 6.45) is 2.45. The van der Waals surface area contributed by atoms with Gasteiger partial charge in [0, 0.05) is 51.3 Å². The number of hydrogen-bond acceptors (Lipinski definition) is 7. The van der Waals surface area contributed by atoms with Crippen molar-refractivity contribution in [2.45, 2.75) is 32.0 Å². The van der Waals surface area contributed by atoms with Crippen LogP contribution in [0.4, 0.5) is 11.5 Å². The molecule has 3 amide bonds. The largest absolute Gasteiger partial charge is 0.384 e. The van der Waals surface area contributed by atoms with E-state index in [2.05, 4.69) is 26.2 Å². The number of pyridine rings is 1. The molecule has 2 aromatic rings. The van der Waals surface area contributed by atoms with Gasteiger partial charge < -0.3 is 15.5 Å². The van der Waals surface area contributed by atoms with Crippen molar-refractivity contribution in [3.63, 3.8) is 0 Å². The van der Waals surface area contributed by atoms with Gasteiger partial charge in [0.2, 0.25) is 11.8 Å². The van der Waals surface area contributed by atoms with Gasteiger partial charge in [0.25, 0.3) is 5.91 Å². The lowest BCUT2D eigenvalue weighted by molar-refractivity contribution is -0.136. The van der Waals surface area contributed by atoms with Crippen LogP contribution in [-0.2, 0) is 22.7 Å². The number of nitrogens with two attached hydrogens (primary N) is 1. The first-order valence-corrected chi connectivity index (χ1v) is 10.9. The maximum atomic E-state index is 13.0. The maximum Gasteiger partial charge on any atom is 0.255 e. The van der Waals surface area contributed by atoms with Crippen molar-refractivity contribution in [2.75, 3.05) is 36.8 Å². The number of benzene rings is 1. The van der Waals surface area contributed by atoms with Crippen molar-refractivity contribution in [2.24, 2.45) is 0 Å². The number of anilines is 2. The third kappa shape index (κ3) is 3.80. The molecule has 9 heteroatoms. The van der Waals surface area contributed by atoms with Crippen molar-refractivity contribution < 1.29 is 14.4 Å². The summed E-state index contributed by atoms with van der Waals surface area (Å²) in [6.45, 7) is 4.75. The molecule has 5 rings (SSSR count). The molecule has 2 saturated heterocycles. The molecule has 32 heavy (non-hydrogen) atoms. The molecule has 4 heterocycles. The van der Waals surface area contributed by atoms with Gasteiger partial charge >= 0.3 is 0 Å². The summed E-state index contributed by atoms with van der Waals surface area (Å²) in [5.41, 5.74) is 9.54. The Morgan fingerprint density at radius 2 is 1.88 bits per heavy atom. The summed E-state index contributed by atoms with van der Waals surface area (Å²) in [7, 11) is 0. The van der Waals surface area contributed by atoms with Gasteiger partial charge in [0.15, 0.2) is 0 Å². The Hall–Kier alpha value is -3.46. The zero-order valence-corrected chi connectivity index (χ0v) is 17.8. The van der Waals surface area contributed by atoms with Crippen molar-refractivity contribution in [1.82, 2.24) is 20.1 Å². The number of nitrogens with zero attached hydrogens (tertiary/aromatic N) is 4. The normalized spacial score (nSPS) is 21.6. The number of fused-ring (bicyclic) bond motifs is 1. The lowest BCUT2D eigenvalue weighted by Gasteiger charge is -2.36. The molecular weight excluding hydrogens is 408 g/mol. The van der Waals surface area contributed by atoms with Crippen LogP contribution in [0.5, 0.6) is 0 Å². The van der Waals surface area contributed by atoms with Crippen molar-refractivity contribution in [3.8, 4) is 0 Å². The molecule has 9 nitrogen and oxygen atoms in total. The van der Waals surface area contributed by atoms with Crippen molar-refractivity contribution in [1.29, 1.82) is 0 Å². The van der Waals surface area contributed by atoms with Crippen LogP contribution in [0.25, 0.3) is 0 Å². The van der Waals surface area contributed by atoms with Crippen molar-refractivity contribution >= 4 is 29.2 Å². The van der Waals surface area contributed by atoms with Gasteiger partial charge in [-0.25, -0.2) is 4.98 Å². The number of imide groups is 1. The number of piperazine rings is 1. The Morgan fingerprint density at radius 1 is 1.06 bits per heavy atom. The lowest BCUT2D eigenvalue weighted by atomic mass is 10.0. The summed E-state index contributed by atoms with van der Waals surface area (Å²) in [6, 6.07) is 9.04. The zero-order chi connectivity index (χ0) is 22.2. The second-order valence-electron chi connectivity index (χ2n) is 8.55. The first-order valence-electron chi connectivity index (χ1n) is 10.9. The van der Waals surface area contributed by atoms with E-state index in [-0.39, 0.29) is 24.1 Å². The van der Waals surface area contributed by atoms with E-state index in [4.69, 9.17) is 5.73 Å². The molecule has 1 atom stereocenters. The number of hydrogen-bond donors (Lipinski definition) is 2. The second-order valence-corrected chi connectivity index (χ2v) is 8.55. The van der Waals surface area contributed by atoms with Gasteiger partial charge in [-0.05, 0) is 35.7 Å². The summed E-state index contributed by atoms with van der Waals surface area (Å²) in [5, 5.41) is 2.36.